The fraction of sp³-hybridized carbons (Fsp3) is 0.611. The summed E-state index contributed by atoms with van der Waals surface area (Å²) in [7, 11) is 0. The van der Waals surface area contributed by atoms with Gasteiger partial charge in [0, 0.05) is 42.9 Å². The minimum atomic E-state index is -0.407. The number of piperazine rings is 1. The van der Waals surface area contributed by atoms with Gasteiger partial charge in [0.15, 0.2) is 5.78 Å². The maximum absolute atomic E-state index is 12.8. The number of carbonyl (C=O) groups is 3. The van der Waals surface area contributed by atoms with Crippen LogP contribution in [0.2, 0.25) is 0 Å². The molecular formula is C18H27N3O3. The fourth-order valence-corrected chi connectivity index (χ4v) is 3.24. The van der Waals surface area contributed by atoms with Crippen molar-refractivity contribution in [3.63, 3.8) is 0 Å². The number of hydrogen-bond acceptors (Lipinski definition) is 3. The Hall–Kier alpha value is -2.11. The molecule has 0 aromatic carbocycles. The van der Waals surface area contributed by atoms with Crippen molar-refractivity contribution < 1.29 is 14.4 Å². The van der Waals surface area contributed by atoms with Crippen LogP contribution in [0.5, 0.6) is 0 Å². The quantitative estimate of drug-likeness (QED) is 0.843. The standard InChI is InChI=1S/C18H27N3O3/c1-11-14(13(3)22)12(2)19-15(11)16(23)20-7-9-21(10-8-20)17(24)18(4,5)6/h19H,7-10H2,1-6H3. The van der Waals surface area contributed by atoms with E-state index in [1.165, 1.54) is 6.92 Å². The van der Waals surface area contributed by atoms with Crippen molar-refractivity contribution in [2.45, 2.75) is 41.5 Å². The van der Waals surface area contributed by atoms with Crippen molar-refractivity contribution in [3.8, 4) is 0 Å². The van der Waals surface area contributed by atoms with Crippen LogP contribution in [0.15, 0.2) is 0 Å². The Morgan fingerprint density at radius 2 is 1.46 bits per heavy atom. The number of carbonyl (C=O) groups excluding carboxylic acids is 3. The summed E-state index contributed by atoms with van der Waals surface area (Å²) in [4.78, 5) is 43.4. The van der Waals surface area contributed by atoms with Gasteiger partial charge < -0.3 is 14.8 Å². The predicted octanol–water partition coefficient (Wildman–Crippen LogP) is 2.16. The molecule has 2 heterocycles. The van der Waals surface area contributed by atoms with E-state index in [4.69, 9.17) is 0 Å². The van der Waals surface area contributed by atoms with Crippen LogP contribution in [-0.4, -0.2) is 58.6 Å². The zero-order valence-electron chi connectivity index (χ0n) is 15.4. The van der Waals surface area contributed by atoms with Crippen molar-refractivity contribution in [1.29, 1.82) is 0 Å². The molecule has 6 nitrogen and oxygen atoms in total. The van der Waals surface area contributed by atoms with E-state index in [1.54, 1.807) is 18.7 Å². The predicted molar refractivity (Wildman–Crippen MR) is 92.2 cm³/mol. The molecule has 1 aliphatic heterocycles. The number of nitrogens with zero attached hydrogens (tertiary/aromatic N) is 2. The highest BCUT2D eigenvalue weighted by Crippen LogP contribution is 2.22. The Morgan fingerprint density at radius 1 is 0.958 bits per heavy atom. The van der Waals surface area contributed by atoms with Gasteiger partial charge in [-0.15, -0.1) is 0 Å². The second-order valence-electron chi connectivity index (χ2n) is 7.52. The summed E-state index contributed by atoms with van der Waals surface area (Å²) in [5, 5.41) is 0. The van der Waals surface area contributed by atoms with Crippen LogP contribution in [0.3, 0.4) is 0 Å². The van der Waals surface area contributed by atoms with Crippen LogP contribution in [0.1, 0.15) is 59.8 Å². The number of amides is 2. The Kier molecular flexibility index (Phi) is 4.87. The van der Waals surface area contributed by atoms with Crippen LogP contribution >= 0.6 is 0 Å². The summed E-state index contributed by atoms with van der Waals surface area (Å²) >= 11 is 0. The van der Waals surface area contributed by atoms with E-state index in [0.29, 0.717) is 43.0 Å². The third-order valence-corrected chi connectivity index (χ3v) is 4.50. The molecule has 1 saturated heterocycles. The van der Waals surface area contributed by atoms with Gasteiger partial charge in [0.25, 0.3) is 5.91 Å². The number of hydrogen-bond donors (Lipinski definition) is 1. The number of nitrogens with one attached hydrogen (secondary N) is 1. The van der Waals surface area contributed by atoms with Crippen molar-refractivity contribution in [2.75, 3.05) is 26.2 Å². The first kappa shape index (κ1) is 18.2. The highest BCUT2D eigenvalue weighted by atomic mass is 16.2. The number of H-pyrrole nitrogens is 1. The van der Waals surface area contributed by atoms with Crippen molar-refractivity contribution in [3.05, 3.63) is 22.5 Å². The minimum absolute atomic E-state index is 0.0408. The van der Waals surface area contributed by atoms with Gasteiger partial charge in [-0.3, -0.25) is 14.4 Å². The molecule has 1 aromatic heterocycles. The molecular weight excluding hydrogens is 306 g/mol. The lowest BCUT2D eigenvalue weighted by Crippen LogP contribution is -2.53. The van der Waals surface area contributed by atoms with E-state index in [2.05, 4.69) is 4.98 Å². The number of Topliss-reactive ketones (excluding diaryl/α,β-unsaturated/α-hetero) is 1. The third kappa shape index (κ3) is 3.37. The number of rotatable bonds is 2. The normalized spacial score (nSPS) is 15.6. The molecule has 2 rings (SSSR count). The van der Waals surface area contributed by atoms with Gasteiger partial charge in [0.05, 0.1) is 0 Å². The molecule has 24 heavy (non-hydrogen) atoms. The van der Waals surface area contributed by atoms with Crippen molar-refractivity contribution in [1.82, 2.24) is 14.8 Å². The first-order valence-corrected chi connectivity index (χ1v) is 8.32. The second-order valence-corrected chi connectivity index (χ2v) is 7.52. The van der Waals surface area contributed by atoms with E-state index < -0.39 is 5.41 Å². The van der Waals surface area contributed by atoms with Crippen LogP contribution in [0, 0.1) is 19.3 Å². The Morgan fingerprint density at radius 3 is 1.88 bits per heavy atom. The summed E-state index contributed by atoms with van der Waals surface area (Å²) in [6, 6.07) is 0. The maximum atomic E-state index is 12.8. The Labute approximate surface area is 143 Å². The first-order valence-electron chi connectivity index (χ1n) is 8.32. The zero-order valence-corrected chi connectivity index (χ0v) is 15.4. The second kappa shape index (κ2) is 6.42. The molecule has 1 aliphatic rings. The average Bonchev–Trinajstić information content (AvgIpc) is 2.80. The molecule has 0 atom stereocenters. The summed E-state index contributed by atoms with van der Waals surface area (Å²) in [5.41, 5.74) is 2.10. The lowest BCUT2D eigenvalue weighted by atomic mass is 9.94. The molecule has 0 saturated carbocycles. The Bertz CT molecular complexity index is 674. The zero-order chi connectivity index (χ0) is 18.2. The number of aromatic amines is 1. The van der Waals surface area contributed by atoms with Crippen LogP contribution in [0.4, 0.5) is 0 Å². The molecule has 0 aliphatic carbocycles. The molecule has 1 aromatic rings. The molecule has 1 N–H and O–H groups in total. The summed E-state index contributed by atoms with van der Waals surface area (Å²) < 4.78 is 0. The van der Waals surface area contributed by atoms with Crippen LogP contribution in [-0.2, 0) is 4.79 Å². The van der Waals surface area contributed by atoms with Gasteiger partial charge in [-0.2, -0.15) is 0 Å². The van der Waals surface area contributed by atoms with Gasteiger partial charge in [-0.05, 0) is 26.3 Å². The van der Waals surface area contributed by atoms with Crippen LogP contribution < -0.4 is 0 Å². The molecule has 6 heteroatoms. The van der Waals surface area contributed by atoms with Gasteiger partial charge in [0.2, 0.25) is 5.91 Å². The number of aryl methyl sites for hydroxylation is 1. The van der Waals surface area contributed by atoms with Gasteiger partial charge in [-0.1, -0.05) is 20.8 Å². The SMILES string of the molecule is CC(=O)c1c(C)[nH]c(C(=O)N2CCN(C(=O)C(C)(C)C)CC2)c1C. The molecule has 1 fully saturated rings. The Balaban J connectivity index is 2.10. The molecule has 2 amide bonds. The van der Waals surface area contributed by atoms with Gasteiger partial charge in [-0.25, -0.2) is 0 Å². The van der Waals surface area contributed by atoms with Gasteiger partial charge >= 0.3 is 0 Å². The summed E-state index contributed by atoms with van der Waals surface area (Å²) in [5.74, 6) is -0.0350. The molecule has 0 bridgehead atoms. The van der Waals surface area contributed by atoms with E-state index in [0.717, 1.165) is 5.69 Å². The highest BCUT2D eigenvalue weighted by Gasteiger charge is 2.32. The largest absolute Gasteiger partial charge is 0.354 e. The molecule has 0 unspecified atom stereocenters. The lowest BCUT2D eigenvalue weighted by Gasteiger charge is -2.37. The first-order chi connectivity index (χ1) is 11.0. The van der Waals surface area contributed by atoms with E-state index in [1.807, 2.05) is 25.7 Å². The van der Waals surface area contributed by atoms with Crippen molar-refractivity contribution in [2.24, 2.45) is 5.41 Å². The highest BCUT2D eigenvalue weighted by molar-refractivity contribution is 6.02. The maximum Gasteiger partial charge on any atom is 0.270 e. The molecule has 132 valence electrons. The average molecular weight is 333 g/mol. The minimum Gasteiger partial charge on any atom is -0.354 e. The van der Waals surface area contributed by atoms with E-state index >= 15 is 0 Å². The number of ketones is 1. The van der Waals surface area contributed by atoms with E-state index in [9.17, 15) is 14.4 Å². The molecule has 0 spiro atoms. The smallest absolute Gasteiger partial charge is 0.270 e. The summed E-state index contributed by atoms with van der Waals surface area (Å²) in [6.45, 7) is 12.9. The monoisotopic (exact) mass is 333 g/mol. The van der Waals surface area contributed by atoms with Crippen molar-refractivity contribution >= 4 is 17.6 Å². The van der Waals surface area contributed by atoms with Crippen LogP contribution in [0.25, 0.3) is 0 Å². The lowest BCUT2D eigenvalue weighted by molar-refractivity contribution is -0.140. The topological polar surface area (TPSA) is 73.5 Å². The van der Waals surface area contributed by atoms with Gasteiger partial charge in [0.1, 0.15) is 5.69 Å². The third-order valence-electron chi connectivity index (χ3n) is 4.50. The van der Waals surface area contributed by atoms with E-state index in [-0.39, 0.29) is 17.6 Å². The fourth-order valence-electron chi connectivity index (χ4n) is 3.24. The number of aromatic nitrogens is 1. The summed E-state index contributed by atoms with van der Waals surface area (Å²) in [6.07, 6.45) is 0. The molecule has 0 radical (unpaired) electrons.